The molecule has 18 heavy (non-hydrogen) atoms. The second-order valence-corrected chi connectivity index (χ2v) is 5.90. The molecule has 0 saturated carbocycles. The van der Waals surface area contributed by atoms with Crippen molar-refractivity contribution in [2.75, 3.05) is 13.2 Å². The number of sulfonamides is 1. The lowest BCUT2D eigenvalue weighted by Gasteiger charge is -2.13. The van der Waals surface area contributed by atoms with Crippen LogP contribution in [0.1, 0.15) is 18.4 Å². The largest absolute Gasteiger partial charge is 0.375 e. The first-order chi connectivity index (χ1) is 8.58. The van der Waals surface area contributed by atoms with Gasteiger partial charge in [-0.15, -0.1) is 0 Å². The number of nitrogens with one attached hydrogen (secondary N) is 1. The summed E-state index contributed by atoms with van der Waals surface area (Å²) in [4.78, 5) is 2.46. The van der Waals surface area contributed by atoms with Gasteiger partial charge in [0.2, 0.25) is 0 Å². The lowest BCUT2D eigenvalue weighted by molar-refractivity contribution is 0.154. The molecular formula is C12H16N2O3S. The van der Waals surface area contributed by atoms with E-state index < -0.39 is 10.0 Å². The van der Waals surface area contributed by atoms with Crippen LogP contribution >= 0.6 is 0 Å². The van der Waals surface area contributed by atoms with Crippen molar-refractivity contribution in [1.29, 1.82) is 0 Å². The fourth-order valence-corrected chi connectivity index (χ4v) is 2.47. The van der Waals surface area contributed by atoms with Gasteiger partial charge in [-0.25, -0.2) is 4.83 Å². The first-order valence-electron chi connectivity index (χ1n) is 5.79. The van der Waals surface area contributed by atoms with Crippen LogP contribution in [0.15, 0.2) is 34.3 Å². The summed E-state index contributed by atoms with van der Waals surface area (Å²) >= 11 is 0. The lowest BCUT2D eigenvalue weighted by Crippen LogP contribution is -2.24. The van der Waals surface area contributed by atoms with E-state index in [-0.39, 0.29) is 4.90 Å². The smallest absolute Gasteiger partial charge is 0.276 e. The average molecular weight is 268 g/mol. The minimum atomic E-state index is -3.57. The zero-order chi connectivity index (χ0) is 13.0. The Bertz CT molecular complexity index is 527. The van der Waals surface area contributed by atoms with Crippen LogP contribution in [0, 0.1) is 6.92 Å². The summed E-state index contributed by atoms with van der Waals surface area (Å²) in [6.45, 7) is 3.02. The van der Waals surface area contributed by atoms with Crippen LogP contribution in [0.5, 0.6) is 0 Å². The molecule has 0 aromatic heterocycles. The van der Waals surface area contributed by atoms with Crippen molar-refractivity contribution in [3.63, 3.8) is 0 Å². The Balaban J connectivity index is 2.09. The van der Waals surface area contributed by atoms with Gasteiger partial charge in [0.1, 0.15) is 0 Å². The van der Waals surface area contributed by atoms with Crippen LogP contribution in [0.4, 0.5) is 0 Å². The van der Waals surface area contributed by atoms with E-state index in [0.29, 0.717) is 13.2 Å². The predicted octanol–water partition coefficient (Wildman–Crippen LogP) is 1.44. The van der Waals surface area contributed by atoms with E-state index in [0.717, 1.165) is 24.1 Å². The van der Waals surface area contributed by atoms with E-state index in [4.69, 9.17) is 4.74 Å². The third kappa shape index (κ3) is 3.30. The first-order valence-corrected chi connectivity index (χ1v) is 7.28. The Morgan fingerprint density at radius 3 is 2.61 bits per heavy atom. The third-order valence-electron chi connectivity index (χ3n) is 2.68. The molecule has 0 radical (unpaired) electrons. The maximum absolute atomic E-state index is 11.9. The van der Waals surface area contributed by atoms with Gasteiger partial charge in [0.15, 0.2) is 0 Å². The number of rotatable bonds is 3. The van der Waals surface area contributed by atoms with E-state index in [9.17, 15) is 8.42 Å². The minimum Gasteiger partial charge on any atom is -0.375 e. The van der Waals surface area contributed by atoms with Gasteiger partial charge in [-0.1, -0.05) is 17.7 Å². The number of ether oxygens (including phenoxy) is 1. The van der Waals surface area contributed by atoms with Crippen LogP contribution < -0.4 is 4.83 Å². The van der Waals surface area contributed by atoms with Gasteiger partial charge >= 0.3 is 0 Å². The van der Waals surface area contributed by atoms with E-state index >= 15 is 0 Å². The SMILES string of the molecule is Cc1ccc(S(=O)(=O)N/N=C2\CCCOC2)cc1. The molecule has 1 fully saturated rings. The second-order valence-electron chi connectivity index (χ2n) is 4.24. The van der Waals surface area contributed by atoms with Crippen LogP contribution in [0.25, 0.3) is 0 Å². The topological polar surface area (TPSA) is 67.8 Å². The molecule has 1 aromatic carbocycles. The van der Waals surface area contributed by atoms with Crippen molar-refractivity contribution >= 4 is 15.7 Å². The van der Waals surface area contributed by atoms with Gasteiger partial charge in [-0.3, -0.25) is 0 Å². The van der Waals surface area contributed by atoms with Crippen LogP contribution in [-0.2, 0) is 14.8 Å². The van der Waals surface area contributed by atoms with Gasteiger partial charge in [0, 0.05) is 6.61 Å². The highest BCUT2D eigenvalue weighted by Gasteiger charge is 2.14. The van der Waals surface area contributed by atoms with Crippen LogP contribution in [0.3, 0.4) is 0 Å². The summed E-state index contributed by atoms with van der Waals surface area (Å²) in [6.07, 6.45) is 1.65. The molecule has 1 aliphatic heterocycles. The molecular weight excluding hydrogens is 252 g/mol. The highest BCUT2D eigenvalue weighted by molar-refractivity contribution is 7.89. The zero-order valence-corrected chi connectivity index (χ0v) is 11.0. The quantitative estimate of drug-likeness (QED) is 0.843. The van der Waals surface area contributed by atoms with Gasteiger partial charge in [-0.2, -0.15) is 13.5 Å². The van der Waals surface area contributed by atoms with E-state index in [1.54, 1.807) is 24.3 Å². The molecule has 0 amide bonds. The van der Waals surface area contributed by atoms with Gasteiger partial charge in [-0.05, 0) is 31.9 Å². The van der Waals surface area contributed by atoms with Gasteiger partial charge < -0.3 is 4.74 Å². The van der Waals surface area contributed by atoms with E-state index in [1.165, 1.54) is 0 Å². The molecule has 1 heterocycles. The summed E-state index contributed by atoms with van der Waals surface area (Å²) in [5.41, 5.74) is 1.75. The maximum atomic E-state index is 11.9. The fourth-order valence-electron chi connectivity index (χ4n) is 1.62. The molecule has 0 spiro atoms. The summed E-state index contributed by atoms with van der Waals surface area (Å²) in [5.74, 6) is 0. The van der Waals surface area contributed by atoms with Gasteiger partial charge in [0.05, 0.1) is 17.2 Å². The Hall–Kier alpha value is -1.40. The molecule has 98 valence electrons. The van der Waals surface area contributed by atoms with Crippen LogP contribution in [0.2, 0.25) is 0 Å². The molecule has 0 bridgehead atoms. The maximum Gasteiger partial charge on any atom is 0.276 e. The highest BCUT2D eigenvalue weighted by atomic mass is 32.2. The summed E-state index contributed by atoms with van der Waals surface area (Å²) < 4.78 is 29.1. The Kier molecular flexibility index (Phi) is 3.98. The molecule has 0 unspecified atom stereocenters. The summed E-state index contributed by atoms with van der Waals surface area (Å²) in [7, 11) is -3.57. The molecule has 1 aromatic rings. The average Bonchev–Trinajstić information content (AvgIpc) is 2.38. The predicted molar refractivity (Wildman–Crippen MR) is 69.0 cm³/mol. The standard InChI is InChI=1S/C12H16N2O3S/c1-10-4-6-12(7-5-10)18(15,16)14-13-11-3-2-8-17-9-11/h4-7,14H,2-3,8-9H2,1H3/b13-11+. The lowest BCUT2D eigenvalue weighted by atomic mass is 10.2. The number of hydrogen-bond donors (Lipinski definition) is 1. The van der Waals surface area contributed by atoms with Crippen molar-refractivity contribution in [3.05, 3.63) is 29.8 Å². The van der Waals surface area contributed by atoms with Crippen molar-refractivity contribution in [2.45, 2.75) is 24.7 Å². The monoisotopic (exact) mass is 268 g/mol. The second kappa shape index (κ2) is 5.49. The van der Waals surface area contributed by atoms with Crippen molar-refractivity contribution < 1.29 is 13.2 Å². The van der Waals surface area contributed by atoms with Crippen molar-refractivity contribution in [1.82, 2.24) is 4.83 Å². The molecule has 0 aliphatic carbocycles. The normalized spacial score (nSPS) is 18.8. The first kappa shape index (κ1) is 13.0. The zero-order valence-electron chi connectivity index (χ0n) is 10.2. The molecule has 0 atom stereocenters. The van der Waals surface area contributed by atoms with E-state index in [1.807, 2.05) is 6.92 Å². The summed E-state index contributed by atoms with van der Waals surface area (Å²) in [6, 6.07) is 6.64. The van der Waals surface area contributed by atoms with Crippen LogP contribution in [-0.4, -0.2) is 27.3 Å². The van der Waals surface area contributed by atoms with Gasteiger partial charge in [0.25, 0.3) is 10.0 Å². The van der Waals surface area contributed by atoms with Crippen molar-refractivity contribution in [2.24, 2.45) is 5.10 Å². The molecule has 2 rings (SSSR count). The number of hydrazone groups is 1. The molecule has 5 nitrogen and oxygen atoms in total. The Morgan fingerprint density at radius 2 is 2.00 bits per heavy atom. The Labute approximate surface area is 107 Å². The highest BCUT2D eigenvalue weighted by Crippen LogP contribution is 2.10. The molecule has 6 heteroatoms. The number of nitrogens with zero attached hydrogens (tertiary/aromatic N) is 1. The number of benzene rings is 1. The van der Waals surface area contributed by atoms with Crippen molar-refractivity contribution in [3.8, 4) is 0 Å². The fraction of sp³-hybridized carbons (Fsp3) is 0.417. The molecule has 1 aliphatic rings. The molecule has 1 N–H and O–H groups in total. The number of aryl methyl sites for hydroxylation is 1. The Morgan fingerprint density at radius 1 is 1.28 bits per heavy atom. The third-order valence-corrected chi connectivity index (χ3v) is 3.90. The minimum absolute atomic E-state index is 0.217. The van der Waals surface area contributed by atoms with E-state index in [2.05, 4.69) is 9.93 Å². The summed E-state index contributed by atoms with van der Waals surface area (Å²) in [5, 5.41) is 3.91. The molecule has 1 saturated heterocycles. The number of hydrogen-bond acceptors (Lipinski definition) is 4.